The molecule has 0 aromatic heterocycles. The molecule has 4 bridgehead atoms. The summed E-state index contributed by atoms with van der Waals surface area (Å²) in [5.74, 6) is 3.99. The first kappa shape index (κ1) is 15.2. The monoisotopic (exact) mass is 327 g/mol. The molecule has 5 fully saturated rings. The van der Waals surface area contributed by atoms with Gasteiger partial charge in [0.05, 0.1) is 25.9 Å². The molecule has 0 amide bonds. The zero-order valence-electron chi connectivity index (χ0n) is 14.7. The lowest BCUT2D eigenvalue weighted by atomic mass is 9.49. The number of methoxy groups -OCH3 is 1. The maximum atomic E-state index is 5.63. The summed E-state index contributed by atoms with van der Waals surface area (Å²) >= 11 is 0. The smallest absolute Gasteiger partial charge is 0.118 e. The Balaban J connectivity index is 1.32. The first-order chi connectivity index (χ1) is 11.7. The number of benzene rings is 1. The van der Waals surface area contributed by atoms with Crippen molar-refractivity contribution in [2.45, 2.75) is 44.1 Å². The number of hydrogen-bond acceptors (Lipinski definition) is 3. The largest absolute Gasteiger partial charge is 0.497 e. The lowest BCUT2D eigenvalue weighted by Gasteiger charge is -2.58. The van der Waals surface area contributed by atoms with Crippen LogP contribution in [0.1, 0.15) is 44.1 Å². The fourth-order valence-corrected chi connectivity index (χ4v) is 6.45. The van der Waals surface area contributed by atoms with Gasteiger partial charge in [-0.1, -0.05) is 12.1 Å². The van der Waals surface area contributed by atoms with E-state index in [1.807, 2.05) is 0 Å². The van der Waals surface area contributed by atoms with Crippen LogP contribution in [0.15, 0.2) is 24.3 Å². The Morgan fingerprint density at radius 1 is 1.00 bits per heavy atom. The first-order valence-corrected chi connectivity index (χ1v) is 9.66. The van der Waals surface area contributed by atoms with Crippen molar-refractivity contribution >= 4 is 0 Å². The number of nitrogens with one attached hydrogen (secondary N) is 1. The maximum absolute atomic E-state index is 5.63. The summed E-state index contributed by atoms with van der Waals surface area (Å²) in [6, 6.07) is 8.55. The van der Waals surface area contributed by atoms with Crippen LogP contribution in [0.4, 0.5) is 0 Å². The van der Waals surface area contributed by atoms with E-state index in [1.54, 1.807) is 7.11 Å². The van der Waals surface area contributed by atoms with Crippen LogP contribution < -0.4 is 10.1 Å². The number of rotatable bonds is 5. The van der Waals surface area contributed by atoms with E-state index in [-0.39, 0.29) is 5.54 Å². The molecular weight excluding hydrogens is 298 g/mol. The van der Waals surface area contributed by atoms with E-state index in [0.29, 0.717) is 5.41 Å². The van der Waals surface area contributed by atoms with Crippen molar-refractivity contribution in [2.24, 2.45) is 23.2 Å². The van der Waals surface area contributed by atoms with Crippen LogP contribution in [0.25, 0.3) is 0 Å². The summed E-state index contributed by atoms with van der Waals surface area (Å²) < 4.78 is 10.9. The Kier molecular flexibility index (Phi) is 3.47. The summed E-state index contributed by atoms with van der Waals surface area (Å²) in [6.45, 7) is 2.77. The van der Waals surface area contributed by atoms with Gasteiger partial charge in [-0.05, 0) is 79.4 Å². The van der Waals surface area contributed by atoms with Crippen LogP contribution in [0.2, 0.25) is 0 Å². The van der Waals surface area contributed by atoms with Gasteiger partial charge in [-0.15, -0.1) is 0 Å². The molecule has 0 atom stereocenters. The van der Waals surface area contributed by atoms with Gasteiger partial charge in [-0.2, -0.15) is 0 Å². The highest BCUT2D eigenvalue weighted by Gasteiger charge is 2.52. The van der Waals surface area contributed by atoms with Gasteiger partial charge in [-0.3, -0.25) is 0 Å². The van der Waals surface area contributed by atoms with Gasteiger partial charge in [0.1, 0.15) is 5.75 Å². The van der Waals surface area contributed by atoms with Crippen LogP contribution in [-0.2, 0) is 10.3 Å². The van der Waals surface area contributed by atoms with Crippen LogP contribution in [-0.4, -0.2) is 26.9 Å². The minimum absolute atomic E-state index is 0.0234. The molecule has 1 aromatic carbocycles. The standard InChI is InChI=1S/C21H29NO2/c1-23-19-4-2-18(3-5-19)21(13-24-14-21)22-12-20-9-15-6-16(10-20)8-17(7-15)11-20/h2-5,15-17,22H,6-14H2,1H3. The molecule has 0 unspecified atom stereocenters. The molecule has 6 rings (SSSR count). The van der Waals surface area contributed by atoms with E-state index >= 15 is 0 Å². The van der Waals surface area contributed by atoms with Crippen molar-refractivity contribution in [1.29, 1.82) is 0 Å². The zero-order valence-corrected chi connectivity index (χ0v) is 14.7. The van der Waals surface area contributed by atoms with Crippen molar-refractivity contribution in [3.8, 4) is 5.75 Å². The van der Waals surface area contributed by atoms with Gasteiger partial charge in [0.15, 0.2) is 0 Å². The fourth-order valence-electron chi connectivity index (χ4n) is 6.45. The van der Waals surface area contributed by atoms with E-state index in [0.717, 1.165) is 36.7 Å². The molecule has 24 heavy (non-hydrogen) atoms. The highest BCUT2D eigenvalue weighted by molar-refractivity contribution is 5.33. The zero-order chi connectivity index (χ0) is 16.2. The van der Waals surface area contributed by atoms with E-state index < -0.39 is 0 Å². The van der Waals surface area contributed by atoms with Gasteiger partial charge in [0.25, 0.3) is 0 Å². The summed E-state index contributed by atoms with van der Waals surface area (Å²) in [5, 5.41) is 3.98. The molecule has 130 valence electrons. The third-order valence-corrected chi connectivity index (χ3v) is 7.31. The van der Waals surface area contributed by atoms with E-state index in [9.17, 15) is 0 Å². The fraction of sp³-hybridized carbons (Fsp3) is 0.714. The highest BCUT2D eigenvalue weighted by Crippen LogP contribution is 2.60. The van der Waals surface area contributed by atoms with Crippen molar-refractivity contribution in [1.82, 2.24) is 5.32 Å². The second-order valence-corrected chi connectivity index (χ2v) is 9.07. The molecule has 3 nitrogen and oxygen atoms in total. The molecule has 1 N–H and O–H groups in total. The van der Waals surface area contributed by atoms with Gasteiger partial charge >= 0.3 is 0 Å². The van der Waals surface area contributed by atoms with Crippen LogP contribution in [0.3, 0.4) is 0 Å². The molecule has 0 spiro atoms. The number of ether oxygens (including phenoxy) is 2. The maximum Gasteiger partial charge on any atom is 0.118 e. The Hall–Kier alpha value is -1.06. The van der Waals surface area contributed by atoms with Crippen molar-refractivity contribution in [3.05, 3.63) is 29.8 Å². The Morgan fingerprint density at radius 2 is 1.58 bits per heavy atom. The van der Waals surface area contributed by atoms with Gasteiger partial charge in [0.2, 0.25) is 0 Å². The first-order valence-electron chi connectivity index (χ1n) is 9.66. The predicted molar refractivity (Wildman–Crippen MR) is 94.1 cm³/mol. The SMILES string of the molecule is COc1ccc(C2(NCC34CC5CC(CC(C5)C3)C4)COC2)cc1. The summed E-state index contributed by atoms with van der Waals surface area (Å²) in [4.78, 5) is 0. The molecule has 4 aliphatic carbocycles. The molecule has 3 heteroatoms. The Morgan fingerprint density at radius 3 is 2.04 bits per heavy atom. The molecule has 4 saturated carbocycles. The van der Waals surface area contributed by atoms with Gasteiger partial charge < -0.3 is 14.8 Å². The molecule has 0 radical (unpaired) electrons. The van der Waals surface area contributed by atoms with Crippen LogP contribution in [0.5, 0.6) is 5.75 Å². The second-order valence-electron chi connectivity index (χ2n) is 9.07. The Labute approximate surface area is 145 Å². The van der Waals surface area contributed by atoms with Gasteiger partial charge in [0, 0.05) is 6.54 Å². The molecule has 1 heterocycles. The Bertz CT molecular complexity index is 569. The van der Waals surface area contributed by atoms with Crippen molar-refractivity contribution < 1.29 is 9.47 Å². The van der Waals surface area contributed by atoms with Crippen LogP contribution in [0, 0.1) is 23.2 Å². The molecule has 1 aliphatic heterocycles. The number of hydrogen-bond donors (Lipinski definition) is 1. The van der Waals surface area contributed by atoms with E-state index in [4.69, 9.17) is 9.47 Å². The van der Waals surface area contributed by atoms with Crippen molar-refractivity contribution in [2.75, 3.05) is 26.9 Å². The highest BCUT2D eigenvalue weighted by atomic mass is 16.5. The topological polar surface area (TPSA) is 30.5 Å². The van der Waals surface area contributed by atoms with E-state index in [1.165, 1.54) is 50.6 Å². The lowest BCUT2D eigenvalue weighted by molar-refractivity contribution is -0.100. The normalized spacial score (nSPS) is 38.8. The average Bonchev–Trinajstić information content (AvgIpc) is 2.53. The quantitative estimate of drug-likeness (QED) is 0.894. The lowest BCUT2D eigenvalue weighted by Crippen LogP contribution is -2.61. The third kappa shape index (κ3) is 2.40. The summed E-state index contributed by atoms with van der Waals surface area (Å²) in [5.41, 5.74) is 1.94. The summed E-state index contributed by atoms with van der Waals surface area (Å²) in [6.07, 6.45) is 8.95. The molecule has 5 aliphatic rings. The minimum atomic E-state index is 0.0234. The second kappa shape index (κ2) is 5.47. The molecule has 1 saturated heterocycles. The molecular formula is C21H29NO2. The van der Waals surface area contributed by atoms with Gasteiger partial charge in [-0.25, -0.2) is 0 Å². The summed E-state index contributed by atoms with van der Waals surface area (Å²) in [7, 11) is 1.72. The van der Waals surface area contributed by atoms with Crippen molar-refractivity contribution in [3.63, 3.8) is 0 Å². The average molecular weight is 327 g/mol. The molecule has 1 aromatic rings. The predicted octanol–water partition coefficient (Wildman–Crippen LogP) is 3.73. The van der Waals surface area contributed by atoms with Crippen LogP contribution >= 0.6 is 0 Å². The van der Waals surface area contributed by atoms with E-state index in [2.05, 4.69) is 29.6 Å². The third-order valence-electron chi connectivity index (χ3n) is 7.31. The minimum Gasteiger partial charge on any atom is -0.497 e.